The molecule has 0 atom stereocenters. The van der Waals surface area contributed by atoms with Gasteiger partial charge in [0, 0.05) is 17.3 Å². The van der Waals surface area contributed by atoms with E-state index in [1.54, 1.807) is 0 Å². The molecule has 0 unspecified atom stereocenters. The third-order valence-corrected chi connectivity index (χ3v) is 3.97. The standard InChI is InChI=1S/C21H20ClNO/c1-16-4-2-7-20(12-16)23-14-17-8-10-21(11-9-17)24-15-18-5-3-6-19(22)13-18/h2-13,23H,14-15H2,1H3. The first-order chi connectivity index (χ1) is 11.7. The minimum absolute atomic E-state index is 0.515. The van der Waals surface area contributed by atoms with Crippen LogP contribution in [0, 0.1) is 6.92 Å². The summed E-state index contributed by atoms with van der Waals surface area (Å²) >= 11 is 5.98. The lowest BCUT2D eigenvalue weighted by Gasteiger charge is -2.09. The molecule has 0 aliphatic rings. The Kier molecular flexibility index (Phi) is 5.39. The van der Waals surface area contributed by atoms with Crippen LogP contribution in [0.2, 0.25) is 5.02 Å². The van der Waals surface area contributed by atoms with E-state index in [0.29, 0.717) is 6.61 Å². The normalized spacial score (nSPS) is 10.4. The molecule has 2 nitrogen and oxygen atoms in total. The molecule has 3 heteroatoms. The minimum atomic E-state index is 0.515. The summed E-state index contributed by atoms with van der Waals surface area (Å²) in [7, 11) is 0. The van der Waals surface area contributed by atoms with Gasteiger partial charge in [0.15, 0.2) is 0 Å². The molecule has 122 valence electrons. The molecule has 24 heavy (non-hydrogen) atoms. The van der Waals surface area contributed by atoms with Crippen LogP contribution in [-0.2, 0) is 13.2 Å². The Morgan fingerprint density at radius 3 is 2.42 bits per heavy atom. The molecular weight excluding hydrogens is 318 g/mol. The first-order valence-corrected chi connectivity index (χ1v) is 8.33. The molecule has 0 saturated carbocycles. The van der Waals surface area contributed by atoms with Crippen LogP contribution in [0.1, 0.15) is 16.7 Å². The van der Waals surface area contributed by atoms with Crippen molar-refractivity contribution in [2.75, 3.05) is 5.32 Å². The summed E-state index contributed by atoms with van der Waals surface area (Å²) in [4.78, 5) is 0. The van der Waals surface area contributed by atoms with E-state index in [1.165, 1.54) is 11.1 Å². The fourth-order valence-electron chi connectivity index (χ4n) is 2.46. The molecule has 0 radical (unpaired) electrons. The molecule has 0 heterocycles. The second kappa shape index (κ2) is 7.89. The second-order valence-electron chi connectivity index (χ2n) is 5.79. The zero-order valence-corrected chi connectivity index (χ0v) is 14.4. The van der Waals surface area contributed by atoms with Gasteiger partial charge in [0.25, 0.3) is 0 Å². The van der Waals surface area contributed by atoms with Crippen molar-refractivity contribution < 1.29 is 4.74 Å². The summed E-state index contributed by atoms with van der Waals surface area (Å²) in [5.74, 6) is 0.856. The van der Waals surface area contributed by atoms with E-state index in [0.717, 1.165) is 28.6 Å². The van der Waals surface area contributed by atoms with E-state index in [2.05, 4.69) is 48.6 Å². The van der Waals surface area contributed by atoms with E-state index in [9.17, 15) is 0 Å². The number of aryl methyl sites for hydroxylation is 1. The molecule has 1 N–H and O–H groups in total. The van der Waals surface area contributed by atoms with Crippen LogP contribution in [0.3, 0.4) is 0 Å². The van der Waals surface area contributed by atoms with E-state index in [-0.39, 0.29) is 0 Å². The van der Waals surface area contributed by atoms with Crippen LogP contribution in [0.5, 0.6) is 5.75 Å². The Morgan fingerprint density at radius 2 is 1.67 bits per heavy atom. The molecule has 0 spiro atoms. The van der Waals surface area contributed by atoms with Crippen LogP contribution < -0.4 is 10.1 Å². The van der Waals surface area contributed by atoms with E-state index in [4.69, 9.17) is 16.3 Å². The van der Waals surface area contributed by atoms with Gasteiger partial charge in [-0.2, -0.15) is 0 Å². The predicted octanol–water partition coefficient (Wildman–Crippen LogP) is 5.84. The average molecular weight is 338 g/mol. The van der Waals surface area contributed by atoms with Crippen molar-refractivity contribution in [3.8, 4) is 5.75 Å². The number of ether oxygens (including phenoxy) is 1. The van der Waals surface area contributed by atoms with Crippen molar-refractivity contribution in [2.45, 2.75) is 20.1 Å². The maximum absolute atomic E-state index is 5.98. The largest absolute Gasteiger partial charge is 0.489 e. The number of hydrogen-bond acceptors (Lipinski definition) is 2. The summed E-state index contributed by atoms with van der Waals surface area (Å²) < 4.78 is 5.80. The van der Waals surface area contributed by atoms with Gasteiger partial charge in [-0.15, -0.1) is 0 Å². The third kappa shape index (κ3) is 4.77. The van der Waals surface area contributed by atoms with Crippen molar-refractivity contribution >= 4 is 17.3 Å². The highest BCUT2D eigenvalue weighted by Gasteiger charge is 1.99. The Bertz CT molecular complexity index is 730. The predicted molar refractivity (Wildman–Crippen MR) is 101 cm³/mol. The van der Waals surface area contributed by atoms with Crippen LogP contribution in [0.15, 0.2) is 72.8 Å². The van der Waals surface area contributed by atoms with Gasteiger partial charge in [-0.25, -0.2) is 0 Å². The summed E-state index contributed by atoms with van der Waals surface area (Å²) in [6.07, 6.45) is 0. The third-order valence-electron chi connectivity index (χ3n) is 3.73. The first-order valence-electron chi connectivity index (χ1n) is 7.96. The maximum Gasteiger partial charge on any atom is 0.119 e. The number of anilines is 1. The molecule has 3 aromatic carbocycles. The highest BCUT2D eigenvalue weighted by atomic mass is 35.5. The lowest BCUT2D eigenvalue weighted by molar-refractivity contribution is 0.306. The maximum atomic E-state index is 5.98. The molecule has 0 aliphatic carbocycles. The zero-order chi connectivity index (χ0) is 16.8. The van der Waals surface area contributed by atoms with Crippen LogP contribution in [0.25, 0.3) is 0 Å². The monoisotopic (exact) mass is 337 g/mol. The molecule has 3 aromatic rings. The van der Waals surface area contributed by atoms with Crippen LogP contribution in [0.4, 0.5) is 5.69 Å². The van der Waals surface area contributed by atoms with Gasteiger partial charge in [-0.05, 0) is 60.0 Å². The van der Waals surface area contributed by atoms with E-state index < -0.39 is 0 Å². The quantitative estimate of drug-likeness (QED) is 0.610. The summed E-state index contributed by atoms with van der Waals surface area (Å²) in [5.41, 5.74) is 4.67. The number of rotatable bonds is 6. The van der Waals surface area contributed by atoms with E-state index in [1.807, 2.05) is 36.4 Å². The average Bonchev–Trinajstić information content (AvgIpc) is 2.59. The van der Waals surface area contributed by atoms with Gasteiger partial charge in [0.1, 0.15) is 12.4 Å². The topological polar surface area (TPSA) is 21.3 Å². The van der Waals surface area contributed by atoms with E-state index >= 15 is 0 Å². The zero-order valence-electron chi connectivity index (χ0n) is 13.6. The summed E-state index contributed by atoms with van der Waals surface area (Å²) in [5, 5.41) is 4.16. The van der Waals surface area contributed by atoms with Crippen molar-refractivity contribution in [1.29, 1.82) is 0 Å². The molecular formula is C21H20ClNO. The van der Waals surface area contributed by atoms with Gasteiger partial charge in [0.05, 0.1) is 0 Å². The molecule has 0 bridgehead atoms. The smallest absolute Gasteiger partial charge is 0.119 e. The fourth-order valence-corrected chi connectivity index (χ4v) is 2.67. The van der Waals surface area contributed by atoms with Crippen molar-refractivity contribution in [3.05, 3.63) is 94.5 Å². The van der Waals surface area contributed by atoms with Gasteiger partial charge in [-0.3, -0.25) is 0 Å². The van der Waals surface area contributed by atoms with Gasteiger partial charge in [0.2, 0.25) is 0 Å². The lowest BCUT2D eigenvalue weighted by Crippen LogP contribution is -2.00. The highest BCUT2D eigenvalue weighted by Crippen LogP contribution is 2.17. The summed E-state index contributed by atoms with van der Waals surface area (Å²) in [6.45, 7) is 3.40. The first kappa shape index (κ1) is 16.4. The molecule has 3 rings (SSSR count). The second-order valence-corrected chi connectivity index (χ2v) is 6.22. The number of halogens is 1. The van der Waals surface area contributed by atoms with Crippen LogP contribution >= 0.6 is 11.6 Å². The number of nitrogens with one attached hydrogen (secondary N) is 1. The molecule has 0 aliphatic heterocycles. The van der Waals surface area contributed by atoms with Crippen molar-refractivity contribution in [3.63, 3.8) is 0 Å². The van der Waals surface area contributed by atoms with Gasteiger partial charge >= 0.3 is 0 Å². The SMILES string of the molecule is Cc1cccc(NCc2ccc(OCc3cccc(Cl)c3)cc2)c1. The molecule has 0 fully saturated rings. The highest BCUT2D eigenvalue weighted by molar-refractivity contribution is 6.30. The Labute approximate surface area is 148 Å². The van der Waals surface area contributed by atoms with Gasteiger partial charge < -0.3 is 10.1 Å². The van der Waals surface area contributed by atoms with Crippen LogP contribution in [-0.4, -0.2) is 0 Å². The lowest BCUT2D eigenvalue weighted by atomic mass is 10.2. The Balaban J connectivity index is 1.53. The molecule has 0 aromatic heterocycles. The summed E-state index contributed by atoms with van der Waals surface area (Å²) in [6, 6.07) is 24.2. The fraction of sp³-hybridized carbons (Fsp3) is 0.143. The van der Waals surface area contributed by atoms with Crippen molar-refractivity contribution in [1.82, 2.24) is 0 Å². The molecule has 0 amide bonds. The Morgan fingerprint density at radius 1 is 0.875 bits per heavy atom. The minimum Gasteiger partial charge on any atom is -0.489 e. The van der Waals surface area contributed by atoms with Gasteiger partial charge in [-0.1, -0.05) is 48.0 Å². The number of benzene rings is 3. The number of hydrogen-bond donors (Lipinski definition) is 1. The molecule has 0 saturated heterocycles. The van der Waals surface area contributed by atoms with Crippen molar-refractivity contribution in [2.24, 2.45) is 0 Å². The Hall–Kier alpha value is -2.45.